The topological polar surface area (TPSA) is 70.0 Å². The monoisotopic (exact) mass is 194 g/mol. The van der Waals surface area contributed by atoms with Gasteiger partial charge in [0.1, 0.15) is 0 Å². The summed E-state index contributed by atoms with van der Waals surface area (Å²) in [6, 6.07) is 5.97. The van der Waals surface area contributed by atoms with Crippen LogP contribution in [0.3, 0.4) is 0 Å². The Labute approximate surface area is 80.9 Å². The SMILES string of the molecule is CCN(N=O)c1ccc(C(=O)O)cc1. The molecule has 0 saturated carbocycles. The van der Waals surface area contributed by atoms with Gasteiger partial charge in [0, 0.05) is 6.54 Å². The third-order valence-electron chi connectivity index (χ3n) is 1.81. The van der Waals surface area contributed by atoms with Crippen molar-refractivity contribution >= 4 is 11.7 Å². The van der Waals surface area contributed by atoms with Crippen LogP contribution >= 0.6 is 0 Å². The molecule has 0 aliphatic rings. The molecule has 0 aliphatic carbocycles. The van der Waals surface area contributed by atoms with Crippen LogP contribution in [0.25, 0.3) is 0 Å². The molecule has 1 aromatic carbocycles. The second kappa shape index (κ2) is 4.36. The van der Waals surface area contributed by atoms with Gasteiger partial charge in [-0.05, 0) is 31.2 Å². The van der Waals surface area contributed by atoms with Crippen LogP contribution in [0, 0.1) is 4.91 Å². The highest BCUT2D eigenvalue weighted by Crippen LogP contribution is 2.15. The third kappa shape index (κ3) is 2.07. The molecule has 0 aliphatic heterocycles. The molecule has 1 N–H and O–H groups in total. The quantitative estimate of drug-likeness (QED) is 0.587. The number of carboxylic acids is 1. The normalized spacial score (nSPS) is 9.50. The average molecular weight is 194 g/mol. The highest BCUT2D eigenvalue weighted by atomic mass is 16.4. The minimum atomic E-state index is -0.987. The summed E-state index contributed by atoms with van der Waals surface area (Å²) in [5, 5.41) is 12.7. The smallest absolute Gasteiger partial charge is 0.335 e. The van der Waals surface area contributed by atoms with E-state index in [2.05, 4.69) is 5.29 Å². The maximum Gasteiger partial charge on any atom is 0.335 e. The minimum absolute atomic E-state index is 0.190. The van der Waals surface area contributed by atoms with Crippen molar-refractivity contribution in [2.24, 2.45) is 5.29 Å². The first kappa shape index (κ1) is 10.2. The van der Waals surface area contributed by atoms with E-state index >= 15 is 0 Å². The van der Waals surface area contributed by atoms with Gasteiger partial charge in [0.25, 0.3) is 0 Å². The van der Waals surface area contributed by atoms with Crippen LogP contribution in [0.5, 0.6) is 0 Å². The van der Waals surface area contributed by atoms with Crippen molar-refractivity contribution in [3.8, 4) is 0 Å². The number of rotatable bonds is 4. The molecule has 1 rings (SSSR count). The summed E-state index contributed by atoms with van der Waals surface area (Å²) >= 11 is 0. The number of carbonyl (C=O) groups is 1. The van der Waals surface area contributed by atoms with Crippen LogP contribution in [0.2, 0.25) is 0 Å². The van der Waals surface area contributed by atoms with E-state index in [0.717, 1.165) is 0 Å². The lowest BCUT2D eigenvalue weighted by Crippen LogP contribution is -2.13. The Morgan fingerprint density at radius 1 is 1.43 bits per heavy atom. The predicted octanol–water partition coefficient (Wildman–Crippen LogP) is 1.89. The lowest BCUT2D eigenvalue weighted by molar-refractivity contribution is 0.0697. The zero-order valence-electron chi connectivity index (χ0n) is 7.67. The average Bonchev–Trinajstić information content (AvgIpc) is 2.20. The molecule has 14 heavy (non-hydrogen) atoms. The van der Waals surface area contributed by atoms with Gasteiger partial charge in [-0.25, -0.2) is 9.80 Å². The van der Waals surface area contributed by atoms with Gasteiger partial charge >= 0.3 is 5.97 Å². The highest BCUT2D eigenvalue weighted by Gasteiger charge is 2.05. The Hall–Kier alpha value is -1.91. The molecule has 0 fully saturated rings. The van der Waals surface area contributed by atoms with Crippen molar-refractivity contribution in [1.29, 1.82) is 0 Å². The number of hydrogen-bond acceptors (Lipinski definition) is 3. The van der Waals surface area contributed by atoms with E-state index in [1.807, 2.05) is 0 Å². The summed E-state index contributed by atoms with van der Waals surface area (Å²) in [7, 11) is 0. The van der Waals surface area contributed by atoms with E-state index in [1.165, 1.54) is 17.1 Å². The largest absolute Gasteiger partial charge is 0.478 e. The molecule has 0 aromatic heterocycles. The summed E-state index contributed by atoms with van der Waals surface area (Å²) in [6.07, 6.45) is 0. The van der Waals surface area contributed by atoms with E-state index in [9.17, 15) is 9.70 Å². The lowest BCUT2D eigenvalue weighted by Gasteiger charge is -2.11. The summed E-state index contributed by atoms with van der Waals surface area (Å²) in [5.41, 5.74) is 0.781. The molecule has 0 amide bonds. The van der Waals surface area contributed by atoms with Crippen LogP contribution in [0.15, 0.2) is 29.6 Å². The Kier molecular flexibility index (Phi) is 3.17. The lowest BCUT2D eigenvalue weighted by atomic mass is 10.2. The second-order valence-electron chi connectivity index (χ2n) is 2.65. The number of aromatic carboxylic acids is 1. The van der Waals surface area contributed by atoms with Crippen molar-refractivity contribution in [2.45, 2.75) is 6.92 Å². The zero-order chi connectivity index (χ0) is 10.6. The van der Waals surface area contributed by atoms with E-state index < -0.39 is 5.97 Å². The molecule has 0 saturated heterocycles. The molecule has 1 aromatic rings. The van der Waals surface area contributed by atoms with Crippen LogP contribution in [0.4, 0.5) is 5.69 Å². The second-order valence-corrected chi connectivity index (χ2v) is 2.65. The third-order valence-corrected chi connectivity index (χ3v) is 1.81. The molecule has 0 unspecified atom stereocenters. The Balaban J connectivity index is 2.92. The van der Waals surface area contributed by atoms with Gasteiger partial charge in [-0.3, -0.25) is 0 Å². The van der Waals surface area contributed by atoms with Crippen LogP contribution in [0.1, 0.15) is 17.3 Å². The van der Waals surface area contributed by atoms with Gasteiger partial charge in [-0.1, -0.05) is 0 Å². The molecule has 0 spiro atoms. The van der Waals surface area contributed by atoms with E-state index in [-0.39, 0.29) is 5.56 Å². The molecule has 5 nitrogen and oxygen atoms in total. The van der Waals surface area contributed by atoms with E-state index in [4.69, 9.17) is 5.11 Å². The van der Waals surface area contributed by atoms with Crippen LogP contribution in [-0.4, -0.2) is 17.6 Å². The first-order chi connectivity index (χ1) is 6.69. The number of benzene rings is 1. The minimum Gasteiger partial charge on any atom is -0.478 e. The zero-order valence-corrected chi connectivity index (χ0v) is 7.67. The molecular formula is C9H10N2O3. The van der Waals surface area contributed by atoms with Gasteiger partial charge in [-0.2, -0.15) is 0 Å². The van der Waals surface area contributed by atoms with Gasteiger partial charge in [0.05, 0.1) is 16.5 Å². The molecule has 5 heteroatoms. The van der Waals surface area contributed by atoms with Crippen molar-refractivity contribution in [3.63, 3.8) is 0 Å². The summed E-state index contributed by atoms with van der Waals surface area (Å²) in [5.74, 6) is -0.987. The Morgan fingerprint density at radius 3 is 2.36 bits per heavy atom. The summed E-state index contributed by atoms with van der Waals surface area (Å²) < 4.78 is 0. The first-order valence-electron chi connectivity index (χ1n) is 4.13. The highest BCUT2D eigenvalue weighted by molar-refractivity contribution is 5.88. The first-order valence-corrected chi connectivity index (χ1v) is 4.13. The standard InChI is InChI=1S/C9H10N2O3/c1-2-11(10-14)8-5-3-7(4-6-8)9(12)13/h3-6H,2H2,1H3,(H,12,13). The number of carboxylic acid groups (broad SMARTS) is 1. The molecule has 0 atom stereocenters. The molecule has 74 valence electrons. The van der Waals surface area contributed by atoms with Gasteiger partial charge < -0.3 is 5.11 Å². The van der Waals surface area contributed by atoms with E-state index in [1.54, 1.807) is 19.1 Å². The number of nitroso groups, excluding NO2 is 1. The molecular weight excluding hydrogens is 184 g/mol. The van der Waals surface area contributed by atoms with Gasteiger partial charge in [0.15, 0.2) is 0 Å². The summed E-state index contributed by atoms with van der Waals surface area (Å²) in [4.78, 5) is 20.8. The van der Waals surface area contributed by atoms with E-state index in [0.29, 0.717) is 12.2 Å². The van der Waals surface area contributed by atoms with Gasteiger partial charge in [-0.15, -0.1) is 4.91 Å². The van der Waals surface area contributed by atoms with Crippen molar-refractivity contribution in [3.05, 3.63) is 34.7 Å². The molecule has 0 heterocycles. The van der Waals surface area contributed by atoms with Crippen LogP contribution in [-0.2, 0) is 0 Å². The van der Waals surface area contributed by atoms with Crippen molar-refractivity contribution in [1.82, 2.24) is 0 Å². The molecule has 0 bridgehead atoms. The Morgan fingerprint density at radius 2 is 2.00 bits per heavy atom. The summed E-state index contributed by atoms with van der Waals surface area (Å²) in [6.45, 7) is 2.24. The number of nitrogens with zero attached hydrogens (tertiary/aromatic N) is 2. The number of hydrogen-bond donors (Lipinski definition) is 1. The van der Waals surface area contributed by atoms with Gasteiger partial charge in [0.2, 0.25) is 0 Å². The number of anilines is 1. The fourth-order valence-electron chi connectivity index (χ4n) is 1.06. The molecule has 0 radical (unpaired) electrons. The fourth-order valence-corrected chi connectivity index (χ4v) is 1.06. The van der Waals surface area contributed by atoms with Crippen molar-refractivity contribution in [2.75, 3.05) is 11.6 Å². The predicted molar refractivity (Wildman–Crippen MR) is 52.2 cm³/mol. The maximum absolute atomic E-state index is 10.5. The maximum atomic E-state index is 10.5. The Bertz CT molecular complexity index is 334. The fraction of sp³-hybridized carbons (Fsp3) is 0.222. The van der Waals surface area contributed by atoms with Crippen molar-refractivity contribution < 1.29 is 9.90 Å². The van der Waals surface area contributed by atoms with Crippen LogP contribution < -0.4 is 5.01 Å².